The van der Waals surface area contributed by atoms with Gasteiger partial charge < -0.3 is 35.9 Å². The predicted molar refractivity (Wildman–Crippen MR) is 168 cm³/mol. The molecule has 0 aromatic heterocycles. The third kappa shape index (κ3) is 13.5. The third-order valence-corrected chi connectivity index (χ3v) is 6.39. The lowest BCUT2D eigenvalue weighted by molar-refractivity contribution is -0.160. The fourth-order valence-corrected chi connectivity index (χ4v) is 4.02. The van der Waals surface area contributed by atoms with Crippen LogP contribution in [0, 0.1) is 0 Å². The van der Waals surface area contributed by atoms with Crippen LogP contribution in [0.1, 0.15) is 16.7 Å². The summed E-state index contributed by atoms with van der Waals surface area (Å²) in [7, 11) is 0. The molecule has 14 heteroatoms. The van der Waals surface area contributed by atoms with Gasteiger partial charge in [0.05, 0.1) is 13.1 Å². The fourth-order valence-electron chi connectivity index (χ4n) is 4.02. The average Bonchev–Trinajstić information content (AvgIpc) is 3.10. The van der Waals surface area contributed by atoms with Gasteiger partial charge in [-0.3, -0.25) is 24.1 Å². The Bertz CT molecular complexity index is 1470. The van der Waals surface area contributed by atoms with Gasteiger partial charge in [0.2, 0.25) is 17.7 Å². The largest absolute Gasteiger partial charge is 0.459 e. The van der Waals surface area contributed by atoms with E-state index in [0.717, 1.165) is 11.1 Å². The summed E-state index contributed by atoms with van der Waals surface area (Å²) >= 11 is 0. The van der Waals surface area contributed by atoms with E-state index in [2.05, 4.69) is 16.0 Å². The van der Waals surface area contributed by atoms with E-state index in [1.165, 1.54) is 0 Å². The van der Waals surface area contributed by atoms with E-state index in [1.807, 2.05) is 12.1 Å². The first-order chi connectivity index (χ1) is 22.7. The molecule has 0 aliphatic rings. The molecule has 1 atom stereocenters. The number of carbonyl (C=O) groups excluding carboxylic acids is 6. The van der Waals surface area contributed by atoms with Gasteiger partial charge in [-0.25, -0.2) is 9.59 Å². The van der Waals surface area contributed by atoms with Crippen LogP contribution in [0.4, 0.5) is 4.79 Å². The number of carbonyl (C=O) groups is 6. The molecule has 0 radical (unpaired) electrons. The number of nitrogens with zero attached hydrogens (tertiary/aromatic N) is 1. The highest BCUT2D eigenvalue weighted by Gasteiger charge is 2.30. The van der Waals surface area contributed by atoms with Crippen LogP contribution in [0.5, 0.6) is 0 Å². The van der Waals surface area contributed by atoms with Gasteiger partial charge in [0.15, 0.2) is 0 Å². The Kier molecular flexibility index (Phi) is 15.0. The van der Waals surface area contributed by atoms with E-state index in [9.17, 15) is 28.8 Å². The lowest BCUT2D eigenvalue weighted by Gasteiger charge is -2.26. The molecular weight excluding hydrogens is 610 g/mol. The molecule has 0 fully saturated rings. The predicted octanol–water partition coefficient (Wildman–Crippen LogP) is 0.788. The van der Waals surface area contributed by atoms with Gasteiger partial charge in [0.1, 0.15) is 39.1 Å². The zero-order valence-corrected chi connectivity index (χ0v) is 25.6. The van der Waals surface area contributed by atoms with Gasteiger partial charge in [-0.15, -0.1) is 0 Å². The highest BCUT2D eigenvalue weighted by atomic mass is 16.6. The summed E-state index contributed by atoms with van der Waals surface area (Å²) in [5.41, 5.74) is 7.72. The van der Waals surface area contributed by atoms with Crippen LogP contribution in [0.25, 0.3) is 0 Å². The molecule has 0 bridgehead atoms. The smallest absolute Gasteiger partial charge is 0.407 e. The quantitative estimate of drug-likeness (QED) is 0.120. The van der Waals surface area contributed by atoms with Crippen molar-refractivity contribution in [1.82, 2.24) is 20.9 Å². The van der Waals surface area contributed by atoms with E-state index >= 15 is 0 Å². The summed E-state index contributed by atoms with van der Waals surface area (Å²) in [6, 6.07) is 25.4. The third-order valence-electron chi connectivity index (χ3n) is 6.39. The molecule has 5 amide bonds. The first-order valence-electron chi connectivity index (χ1n) is 14.6. The van der Waals surface area contributed by atoms with Crippen LogP contribution in [0.3, 0.4) is 0 Å². The zero-order chi connectivity index (χ0) is 33.9. The number of rotatable bonds is 17. The van der Waals surface area contributed by atoms with Gasteiger partial charge in [-0.05, 0) is 16.7 Å². The first kappa shape index (κ1) is 35.9. The summed E-state index contributed by atoms with van der Waals surface area (Å²) in [5, 5.41) is 7.15. The van der Waals surface area contributed by atoms with Crippen molar-refractivity contribution < 1.29 is 43.0 Å². The number of nitrogens with two attached hydrogens (primary N) is 1. The van der Waals surface area contributed by atoms with Crippen molar-refractivity contribution in [3.05, 3.63) is 108 Å². The average molecular weight is 648 g/mol. The molecular formula is C33H37N5O9. The second-order valence-electron chi connectivity index (χ2n) is 9.99. The van der Waals surface area contributed by atoms with Crippen LogP contribution < -0.4 is 21.7 Å². The van der Waals surface area contributed by atoms with E-state index in [0.29, 0.717) is 10.5 Å². The molecule has 3 aromatic rings. The minimum atomic E-state index is -1.27. The molecule has 0 heterocycles. The van der Waals surface area contributed by atoms with Gasteiger partial charge >= 0.3 is 12.1 Å². The molecule has 0 saturated carbocycles. The Hall–Kier alpha value is -5.60. The van der Waals surface area contributed by atoms with Crippen molar-refractivity contribution in [2.75, 3.05) is 33.0 Å². The minimum Gasteiger partial charge on any atom is -0.459 e. The molecule has 248 valence electrons. The van der Waals surface area contributed by atoms with E-state index in [4.69, 9.17) is 19.9 Å². The van der Waals surface area contributed by atoms with Crippen LogP contribution in [-0.4, -0.2) is 79.6 Å². The Labute approximate surface area is 271 Å². The lowest BCUT2D eigenvalue weighted by atomic mass is 10.0. The van der Waals surface area contributed by atoms with Crippen LogP contribution in [0.15, 0.2) is 91.0 Å². The number of nitrogens with one attached hydrogen (secondary N) is 3. The molecule has 5 N–H and O–H groups in total. The normalized spacial score (nSPS) is 11.0. The standard InChI is InChI=1S/C33H37N5O9/c34-17-30(41)38(23-45-22-31(42)46-20-25-12-6-2-7-13-25)32(43)27(16-24-10-4-1-5-11-24)37-29(40)19-35-28(39)18-36-33(44)47-21-26-14-8-3-9-15-26/h1-15,27H,16-23,34H2,(H,35,39)(H,36,44)(H,37,40)/t27-/m1/s1. The maximum Gasteiger partial charge on any atom is 0.407 e. The molecule has 14 nitrogen and oxygen atoms in total. The van der Waals surface area contributed by atoms with E-state index < -0.39 is 74.7 Å². The Morgan fingerprint density at radius 3 is 1.79 bits per heavy atom. The topological polar surface area (TPSA) is 195 Å². The summed E-state index contributed by atoms with van der Waals surface area (Å²) in [5.74, 6) is -3.80. The fraction of sp³-hybridized carbons (Fsp3) is 0.273. The zero-order valence-electron chi connectivity index (χ0n) is 25.6. The van der Waals surface area contributed by atoms with Crippen molar-refractivity contribution in [1.29, 1.82) is 0 Å². The summed E-state index contributed by atoms with van der Waals surface area (Å²) in [6.07, 6.45) is -0.833. The second kappa shape index (κ2) is 19.7. The number of benzene rings is 3. The Balaban J connectivity index is 1.52. The Morgan fingerprint density at radius 2 is 1.21 bits per heavy atom. The number of hydrogen-bond acceptors (Lipinski definition) is 10. The van der Waals surface area contributed by atoms with Crippen molar-refractivity contribution in [2.24, 2.45) is 5.73 Å². The second-order valence-corrected chi connectivity index (χ2v) is 9.99. The number of ether oxygens (including phenoxy) is 3. The molecule has 3 aromatic carbocycles. The molecule has 0 unspecified atom stereocenters. The van der Waals surface area contributed by atoms with Gasteiger partial charge in [-0.2, -0.15) is 0 Å². The number of amides is 5. The SMILES string of the molecule is NCC(=O)N(COCC(=O)OCc1ccccc1)C(=O)[C@@H](Cc1ccccc1)NC(=O)CNC(=O)CNC(=O)OCc1ccccc1. The number of imide groups is 1. The highest BCUT2D eigenvalue weighted by molar-refractivity contribution is 6.00. The van der Waals surface area contributed by atoms with Gasteiger partial charge in [0, 0.05) is 6.42 Å². The van der Waals surface area contributed by atoms with Crippen molar-refractivity contribution in [2.45, 2.75) is 25.7 Å². The van der Waals surface area contributed by atoms with Crippen LogP contribution in [-0.2, 0) is 57.8 Å². The molecule has 0 aliphatic carbocycles. The highest BCUT2D eigenvalue weighted by Crippen LogP contribution is 2.08. The van der Waals surface area contributed by atoms with Crippen LogP contribution in [0.2, 0.25) is 0 Å². The number of esters is 1. The molecule has 0 spiro atoms. The first-order valence-corrected chi connectivity index (χ1v) is 14.6. The minimum absolute atomic E-state index is 0.0123. The Morgan fingerprint density at radius 1 is 0.681 bits per heavy atom. The number of hydrogen-bond donors (Lipinski definition) is 4. The van der Waals surface area contributed by atoms with Crippen molar-refractivity contribution in [3.63, 3.8) is 0 Å². The lowest BCUT2D eigenvalue weighted by Crippen LogP contribution is -2.55. The summed E-state index contributed by atoms with van der Waals surface area (Å²) < 4.78 is 15.5. The molecule has 3 rings (SSSR count). The van der Waals surface area contributed by atoms with Crippen molar-refractivity contribution >= 4 is 35.7 Å². The summed E-state index contributed by atoms with van der Waals surface area (Å²) in [4.78, 5) is 75.9. The summed E-state index contributed by atoms with van der Waals surface area (Å²) in [6.45, 7) is -2.69. The van der Waals surface area contributed by atoms with Gasteiger partial charge in [-0.1, -0.05) is 91.0 Å². The molecule has 47 heavy (non-hydrogen) atoms. The van der Waals surface area contributed by atoms with E-state index in [-0.39, 0.29) is 19.6 Å². The van der Waals surface area contributed by atoms with E-state index in [1.54, 1.807) is 78.9 Å². The number of alkyl carbamates (subject to hydrolysis) is 1. The van der Waals surface area contributed by atoms with Crippen LogP contribution >= 0.6 is 0 Å². The van der Waals surface area contributed by atoms with Crippen molar-refractivity contribution in [3.8, 4) is 0 Å². The monoisotopic (exact) mass is 647 g/mol. The maximum atomic E-state index is 13.5. The van der Waals surface area contributed by atoms with Gasteiger partial charge in [0.25, 0.3) is 5.91 Å². The maximum absolute atomic E-state index is 13.5. The molecule has 0 saturated heterocycles. The molecule has 0 aliphatic heterocycles.